The molecule has 0 saturated heterocycles. The van der Waals surface area contributed by atoms with Gasteiger partial charge in [0.25, 0.3) is 0 Å². The Kier molecular flexibility index (Phi) is 2.02. The largest absolute Gasteiger partial charge is 0.332 e. The van der Waals surface area contributed by atoms with E-state index in [-0.39, 0.29) is 6.03 Å². The van der Waals surface area contributed by atoms with Crippen LogP contribution in [0.15, 0.2) is 24.8 Å². The number of H-pyrrole nitrogens is 1. The van der Waals surface area contributed by atoms with Crippen molar-refractivity contribution < 1.29 is 4.79 Å². The molecule has 0 atom stereocenters. The molecule has 0 radical (unpaired) electrons. The molecule has 14 heavy (non-hydrogen) atoms. The molecule has 2 N–H and O–H groups in total. The molecule has 0 saturated carbocycles. The topological polar surface area (TPSA) is 75.6 Å². The normalized spacial score (nSPS) is 10.1. The first-order valence-electron chi connectivity index (χ1n) is 4.07. The lowest BCUT2D eigenvalue weighted by Gasteiger charge is -1.99. The Morgan fingerprint density at radius 2 is 2.50 bits per heavy atom. The highest BCUT2D eigenvalue weighted by molar-refractivity contribution is 5.89. The van der Waals surface area contributed by atoms with Gasteiger partial charge >= 0.3 is 6.03 Å². The summed E-state index contributed by atoms with van der Waals surface area (Å²) in [5.41, 5.74) is 0.894. The minimum absolute atomic E-state index is 0.283. The summed E-state index contributed by atoms with van der Waals surface area (Å²) in [6.07, 6.45) is 4.53. The second-order valence-electron chi connectivity index (χ2n) is 2.84. The highest BCUT2D eigenvalue weighted by atomic mass is 16.2. The lowest BCUT2D eigenvalue weighted by atomic mass is 10.5. The zero-order valence-electron chi connectivity index (χ0n) is 7.56. The number of aryl methyl sites for hydroxylation is 1. The molecule has 6 nitrogen and oxygen atoms in total. The van der Waals surface area contributed by atoms with Crippen molar-refractivity contribution in [3.05, 3.63) is 30.5 Å². The zero-order chi connectivity index (χ0) is 9.97. The van der Waals surface area contributed by atoms with Gasteiger partial charge in [-0.05, 0) is 6.92 Å². The van der Waals surface area contributed by atoms with Crippen molar-refractivity contribution in [2.24, 2.45) is 0 Å². The van der Waals surface area contributed by atoms with E-state index in [2.05, 4.69) is 20.5 Å². The number of hydrogen-bond donors (Lipinski definition) is 2. The summed E-state index contributed by atoms with van der Waals surface area (Å²) in [6.45, 7) is 1.86. The van der Waals surface area contributed by atoms with Gasteiger partial charge in [-0.2, -0.15) is 5.10 Å². The Morgan fingerprint density at radius 1 is 1.64 bits per heavy atom. The molecule has 0 aliphatic heterocycles. The molecular weight excluding hydrogens is 182 g/mol. The summed E-state index contributed by atoms with van der Waals surface area (Å²) in [4.78, 5) is 15.2. The minimum Gasteiger partial charge on any atom is -0.290 e. The fourth-order valence-electron chi connectivity index (χ4n) is 1.04. The van der Waals surface area contributed by atoms with Gasteiger partial charge in [0.05, 0.1) is 0 Å². The first-order valence-corrected chi connectivity index (χ1v) is 4.07. The third kappa shape index (κ3) is 1.63. The molecule has 2 aromatic rings. The number of aromatic amines is 1. The Bertz CT molecular complexity index is 430. The van der Waals surface area contributed by atoms with Crippen LogP contribution >= 0.6 is 0 Å². The van der Waals surface area contributed by atoms with Gasteiger partial charge in [-0.3, -0.25) is 15.0 Å². The van der Waals surface area contributed by atoms with Crippen molar-refractivity contribution in [2.75, 3.05) is 5.32 Å². The van der Waals surface area contributed by atoms with Crippen molar-refractivity contribution in [1.82, 2.24) is 19.7 Å². The number of carbonyl (C=O) groups excluding carboxylic acids is 1. The van der Waals surface area contributed by atoms with Crippen LogP contribution in [0.4, 0.5) is 10.6 Å². The molecular formula is C8H9N5O. The van der Waals surface area contributed by atoms with Crippen LogP contribution in [0, 0.1) is 6.92 Å². The van der Waals surface area contributed by atoms with Gasteiger partial charge in [0.1, 0.15) is 6.33 Å². The predicted octanol–water partition coefficient (Wildman–Crippen LogP) is 0.995. The number of hydrogen-bond acceptors (Lipinski definition) is 3. The van der Waals surface area contributed by atoms with E-state index in [9.17, 15) is 4.79 Å². The maximum absolute atomic E-state index is 11.4. The van der Waals surface area contributed by atoms with Crippen LogP contribution in [-0.2, 0) is 0 Å². The average molecular weight is 191 g/mol. The van der Waals surface area contributed by atoms with Crippen molar-refractivity contribution >= 4 is 11.8 Å². The summed E-state index contributed by atoms with van der Waals surface area (Å²) in [5, 5.41) is 9.21. The molecule has 72 valence electrons. The van der Waals surface area contributed by atoms with Crippen molar-refractivity contribution in [3.63, 3.8) is 0 Å². The number of imidazole rings is 1. The van der Waals surface area contributed by atoms with E-state index in [1.165, 1.54) is 17.1 Å². The summed E-state index contributed by atoms with van der Waals surface area (Å²) >= 11 is 0. The molecule has 1 amide bonds. The third-order valence-electron chi connectivity index (χ3n) is 1.68. The molecule has 0 aromatic carbocycles. The number of nitrogens with zero attached hydrogens (tertiary/aromatic N) is 3. The number of carbonyl (C=O) groups is 1. The molecule has 0 unspecified atom stereocenters. The van der Waals surface area contributed by atoms with Gasteiger partial charge < -0.3 is 0 Å². The SMILES string of the molecule is Cc1cc(NC(=O)n2ccnc2)n[nH]1. The summed E-state index contributed by atoms with van der Waals surface area (Å²) < 4.78 is 1.34. The molecule has 2 heterocycles. The first kappa shape index (κ1) is 8.49. The van der Waals surface area contributed by atoms with Crippen LogP contribution in [0.25, 0.3) is 0 Å². The first-order chi connectivity index (χ1) is 6.75. The smallest absolute Gasteiger partial charge is 0.290 e. The van der Waals surface area contributed by atoms with Crippen LogP contribution in [0.3, 0.4) is 0 Å². The van der Waals surface area contributed by atoms with E-state index in [4.69, 9.17) is 0 Å². The van der Waals surface area contributed by atoms with Crippen molar-refractivity contribution in [1.29, 1.82) is 0 Å². The fourth-order valence-corrected chi connectivity index (χ4v) is 1.04. The van der Waals surface area contributed by atoms with E-state index >= 15 is 0 Å². The van der Waals surface area contributed by atoms with Crippen LogP contribution in [0.2, 0.25) is 0 Å². The Hall–Kier alpha value is -2.11. The molecule has 0 bridgehead atoms. The number of rotatable bonds is 1. The fraction of sp³-hybridized carbons (Fsp3) is 0.125. The van der Waals surface area contributed by atoms with Crippen molar-refractivity contribution in [2.45, 2.75) is 6.92 Å². The molecule has 0 fully saturated rings. The molecule has 0 aliphatic carbocycles. The number of amides is 1. The number of nitrogens with one attached hydrogen (secondary N) is 2. The van der Waals surface area contributed by atoms with Gasteiger partial charge in [-0.25, -0.2) is 9.78 Å². The lowest BCUT2D eigenvalue weighted by Crippen LogP contribution is -2.17. The van der Waals surface area contributed by atoms with Gasteiger partial charge in [0.2, 0.25) is 0 Å². The summed E-state index contributed by atoms with van der Waals surface area (Å²) in [7, 11) is 0. The Balaban J connectivity index is 2.09. The van der Waals surface area contributed by atoms with E-state index in [0.717, 1.165) is 5.69 Å². The predicted molar refractivity (Wildman–Crippen MR) is 50.0 cm³/mol. The van der Waals surface area contributed by atoms with E-state index in [1.807, 2.05) is 6.92 Å². The van der Waals surface area contributed by atoms with Gasteiger partial charge in [0, 0.05) is 24.2 Å². The Labute approximate surface area is 80.0 Å². The highest BCUT2D eigenvalue weighted by Crippen LogP contribution is 2.04. The molecule has 0 aliphatic rings. The maximum Gasteiger partial charge on any atom is 0.332 e. The summed E-state index contributed by atoms with van der Waals surface area (Å²) in [6, 6.07) is 1.46. The summed E-state index contributed by atoms with van der Waals surface area (Å²) in [5.74, 6) is 0.501. The van der Waals surface area contributed by atoms with Crippen molar-refractivity contribution in [3.8, 4) is 0 Å². The van der Waals surface area contributed by atoms with Gasteiger partial charge in [0.15, 0.2) is 5.82 Å². The van der Waals surface area contributed by atoms with Crippen LogP contribution in [-0.4, -0.2) is 25.8 Å². The number of aromatic nitrogens is 4. The minimum atomic E-state index is -0.283. The molecule has 2 rings (SSSR count). The van der Waals surface area contributed by atoms with E-state index in [0.29, 0.717) is 5.82 Å². The second kappa shape index (κ2) is 3.33. The van der Waals surface area contributed by atoms with Gasteiger partial charge in [-0.1, -0.05) is 0 Å². The van der Waals surface area contributed by atoms with E-state index < -0.39 is 0 Å². The van der Waals surface area contributed by atoms with E-state index in [1.54, 1.807) is 12.3 Å². The van der Waals surface area contributed by atoms with Gasteiger partial charge in [-0.15, -0.1) is 0 Å². The van der Waals surface area contributed by atoms with Crippen LogP contribution < -0.4 is 5.32 Å². The molecule has 6 heteroatoms. The zero-order valence-corrected chi connectivity index (χ0v) is 7.56. The second-order valence-corrected chi connectivity index (χ2v) is 2.84. The average Bonchev–Trinajstić information content (AvgIpc) is 2.75. The monoisotopic (exact) mass is 191 g/mol. The highest BCUT2D eigenvalue weighted by Gasteiger charge is 2.05. The maximum atomic E-state index is 11.4. The third-order valence-corrected chi connectivity index (χ3v) is 1.68. The quantitative estimate of drug-likeness (QED) is 0.705. The molecule has 0 spiro atoms. The number of anilines is 1. The van der Waals surface area contributed by atoms with Crippen LogP contribution in [0.5, 0.6) is 0 Å². The lowest BCUT2D eigenvalue weighted by molar-refractivity contribution is 0.253. The Morgan fingerprint density at radius 3 is 3.07 bits per heavy atom. The standard InChI is InChI=1S/C8H9N5O/c1-6-4-7(12-11-6)10-8(14)13-3-2-9-5-13/h2-5H,1H3,(H2,10,11,12,14). The molecule has 2 aromatic heterocycles. The van der Waals surface area contributed by atoms with Crippen LogP contribution in [0.1, 0.15) is 5.69 Å².